The van der Waals surface area contributed by atoms with Crippen molar-refractivity contribution in [2.24, 2.45) is 0 Å². The molecule has 0 N–H and O–H groups in total. The van der Waals surface area contributed by atoms with Gasteiger partial charge in [0.25, 0.3) is 11.5 Å². The number of hydrogen-bond donors (Lipinski definition) is 0. The fraction of sp³-hybridized carbons (Fsp3) is 0.323. The van der Waals surface area contributed by atoms with Gasteiger partial charge in [-0.3, -0.25) is 19.1 Å². The lowest BCUT2D eigenvalue weighted by molar-refractivity contribution is 0.0573. The van der Waals surface area contributed by atoms with E-state index in [4.69, 9.17) is 4.98 Å². The van der Waals surface area contributed by atoms with E-state index in [2.05, 4.69) is 60.7 Å². The molecule has 4 aromatic rings. The van der Waals surface area contributed by atoms with Crippen LogP contribution in [0.15, 0.2) is 82.1 Å². The summed E-state index contributed by atoms with van der Waals surface area (Å²) in [4.78, 5) is 36.1. The van der Waals surface area contributed by atoms with Crippen molar-refractivity contribution in [1.29, 1.82) is 0 Å². The van der Waals surface area contributed by atoms with Gasteiger partial charge in [-0.05, 0) is 66.4 Å². The Morgan fingerprint density at radius 3 is 2.16 bits per heavy atom. The average molecular weight is 574 g/mol. The van der Waals surface area contributed by atoms with E-state index < -0.39 is 0 Å². The van der Waals surface area contributed by atoms with E-state index in [9.17, 15) is 9.59 Å². The molecule has 0 aliphatic carbocycles. The summed E-state index contributed by atoms with van der Waals surface area (Å²) in [6.45, 7) is 11.3. The van der Waals surface area contributed by atoms with Gasteiger partial charge in [-0.1, -0.05) is 61.0 Å². The van der Waals surface area contributed by atoms with Crippen LogP contribution in [-0.2, 0) is 5.41 Å². The van der Waals surface area contributed by atoms with Gasteiger partial charge in [0.15, 0.2) is 0 Å². The molecule has 1 aliphatic rings. The first-order valence-corrected chi connectivity index (χ1v) is 13.8. The first-order chi connectivity index (χ1) is 18.1. The van der Waals surface area contributed by atoms with E-state index in [0.717, 1.165) is 15.7 Å². The number of para-hydroxylation sites is 1. The number of piperazine rings is 1. The van der Waals surface area contributed by atoms with Crippen LogP contribution in [0.5, 0.6) is 0 Å². The number of benzene rings is 3. The van der Waals surface area contributed by atoms with Crippen LogP contribution in [0.25, 0.3) is 16.6 Å². The molecular formula is C31H33BrN4O2. The van der Waals surface area contributed by atoms with Gasteiger partial charge in [0.2, 0.25) is 0 Å². The molecular weight excluding hydrogens is 540 g/mol. The van der Waals surface area contributed by atoms with Gasteiger partial charge in [-0.15, -0.1) is 0 Å². The lowest BCUT2D eigenvalue weighted by atomic mass is 9.86. The third-order valence-electron chi connectivity index (χ3n) is 7.41. The highest BCUT2D eigenvalue weighted by molar-refractivity contribution is 9.10. The van der Waals surface area contributed by atoms with E-state index in [0.29, 0.717) is 42.9 Å². The number of hydrogen-bond acceptors (Lipinski definition) is 4. The van der Waals surface area contributed by atoms with Crippen LogP contribution in [-0.4, -0.2) is 51.4 Å². The minimum absolute atomic E-state index is 0.0528. The number of carbonyl (C=O) groups excluding carboxylic acids is 1. The number of fused-ring (bicyclic) bond motifs is 1. The Morgan fingerprint density at radius 2 is 1.53 bits per heavy atom. The quantitative estimate of drug-likeness (QED) is 0.302. The summed E-state index contributed by atoms with van der Waals surface area (Å²) in [7, 11) is 0. The summed E-state index contributed by atoms with van der Waals surface area (Å²) >= 11 is 3.49. The van der Waals surface area contributed by atoms with Crippen molar-refractivity contribution in [3.8, 4) is 5.69 Å². The lowest BCUT2D eigenvalue weighted by Crippen LogP contribution is -2.50. The van der Waals surface area contributed by atoms with Crippen molar-refractivity contribution < 1.29 is 4.79 Å². The summed E-state index contributed by atoms with van der Waals surface area (Å²) < 4.78 is 2.68. The van der Waals surface area contributed by atoms with Crippen LogP contribution in [0.2, 0.25) is 0 Å². The molecule has 1 atom stereocenters. The van der Waals surface area contributed by atoms with Gasteiger partial charge in [-0.25, -0.2) is 4.98 Å². The lowest BCUT2D eigenvalue weighted by Gasteiger charge is -2.38. The second-order valence-corrected chi connectivity index (χ2v) is 11.9. The number of aromatic nitrogens is 2. The third-order valence-corrected chi connectivity index (χ3v) is 7.94. The Kier molecular flexibility index (Phi) is 7.25. The zero-order chi connectivity index (χ0) is 27.0. The van der Waals surface area contributed by atoms with Crippen LogP contribution >= 0.6 is 15.9 Å². The second-order valence-electron chi connectivity index (χ2n) is 10.9. The third kappa shape index (κ3) is 5.18. The normalized spacial score (nSPS) is 15.6. The molecule has 1 aliphatic heterocycles. The summed E-state index contributed by atoms with van der Waals surface area (Å²) in [5.41, 5.74) is 3.39. The Morgan fingerprint density at radius 1 is 0.895 bits per heavy atom. The molecule has 2 heterocycles. The maximum Gasteiger partial charge on any atom is 0.266 e. The maximum atomic E-state index is 13.6. The smallest absolute Gasteiger partial charge is 0.266 e. The molecule has 1 fully saturated rings. The second kappa shape index (κ2) is 10.5. The van der Waals surface area contributed by atoms with Crippen molar-refractivity contribution in [3.05, 3.63) is 105 Å². The number of carbonyl (C=O) groups is 1. The number of halogens is 1. The number of rotatable bonds is 4. The highest BCUT2D eigenvalue weighted by Crippen LogP contribution is 2.26. The fourth-order valence-electron chi connectivity index (χ4n) is 5.04. The topological polar surface area (TPSA) is 58.4 Å². The van der Waals surface area contributed by atoms with Crippen molar-refractivity contribution in [3.63, 3.8) is 0 Å². The van der Waals surface area contributed by atoms with Crippen LogP contribution in [0.4, 0.5) is 0 Å². The van der Waals surface area contributed by atoms with E-state index in [1.165, 1.54) is 5.56 Å². The zero-order valence-corrected chi connectivity index (χ0v) is 23.9. The highest BCUT2D eigenvalue weighted by atomic mass is 79.9. The Hall–Kier alpha value is -3.29. The molecule has 0 radical (unpaired) electrons. The molecule has 1 amide bonds. The largest absolute Gasteiger partial charge is 0.336 e. The fourth-order valence-corrected chi connectivity index (χ4v) is 5.31. The first-order valence-electron chi connectivity index (χ1n) is 13.0. The molecule has 1 unspecified atom stereocenters. The van der Waals surface area contributed by atoms with E-state index in [1.807, 2.05) is 65.6 Å². The summed E-state index contributed by atoms with van der Waals surface area (Å²) in [5.74, 6) is 0.766. The van der Waals surface area contributed by atoms with Crippen LogP contribution < -0.4 is 5.56 Å². The van der Waals surface area contributed by atoms with Gasteiger partial charge in [0.1, 0.15) is 5.82 Å². The minimum Gasteiger partial charge on any atom is -0.336 e. The maximum absolute atomic E-state index is 13.6. The van der Waals surface area contributed by atoms with Crippen molar-refractivity contribution in [2.75, 3.05) is 26.2 Å². The van der Waals surface area contributed by atoms with Gasteiger partial charge < -0.3 is 4.90 Å². The molecule has 1 aromatic heterocycles. The molecule has 196 valence electrons. The molecule has 5 rings (SSSR count). The van der Waals surface area contributed by atoms with E-state index in [-0.39, 0.29) is 22.9 Å². The summed E-state index contributed by atoms with van der Waals surface area (Å²) in [6.07, 6.45) is 0. The van der Waals surface area contributed by atoms with E-state index >= 15 is 0 Å². The summed E-state index contributed by atoms with van der Waals surface area (Å²) in [5, 5.41) is 0.597. The summed E-state index contributed by atoms with van der Waals surface area (Å²) in [6, 6.07) is 23.1. The zero-order valence-electron chi connectivity index (χ0n) is 22.3. The molecule has 3 aromatic carbocycles. The van der Waals surface area contributed by atoms with Crippen LogP contribution in [0.1, 0.15) is 55.5 Å². The van der Waals surface area contributed by atoms with Crippen molar-refractivity contribution in [2.45, 2.75) is 39.2 Å². The van der Waals surface area contributed by atoms with Crippen LogP contribution in [0, 0.1) is 0 Å². The van der Waals surface area contributed by atoms with Crippen molar-refractivity contribution in [1.82, 2.24) is 19.4 Å². The molecule has 1 saturated heterocycles. The Bertz CT molecular complexity index is 1510. The van der Waals surface area contributed by atoms with Gasteiger partial charge in [0.05, 0.1) is 22.6 Å². The average Bonchev–Trinajstić information content (AvgIpc) is 2.92. The van der Waals surface area contributed by atoms with Gasteiger partial charge in [-0.2, -0.15) is 0 Å². The molecule has 7 heteroatoms. The highest BCUT2D eigenvalue weighted by Gasteiger charge is 2.28. The van der Waals surface area contributed by atoms with Gasteiger partial charge in [0, 0.05) is 36.2 Å². The predicted octanol–water partition coefficient (Wildman–Crippen LogP) is 5.96. The standard InChI is InChI=1S/C31H33BrN4O2/c1-21(34-17-19-35(20-18-34)29(37)22-9-11-23(12-10-22)31(2,3)4)28-33-27-8-6-5-7-26(27)30(38)36(28)25-15-13-24(32)14-16-25/h5-16,21H,17-20H2,1-4H3. The molecule has 6 nitrogen and oxygen atoms in total. The monoisotopic (exact) mass is 572 g/mol. The SMILES string of the molecule is CC(c1nc2ccccc2c(=O)n1-c1ccc(Br)cc1)N1CCN(C(=O)c2ccc(C(C)(C)C)cc2)CC1. The van der Waals surface area contributed by atoms with Gasteiger partial charge >= 0.3 is 0 Å². The van der Waals surface area contributed by atoms with Crippen LogP contribution in [0.3, 0.4) is 0 Å². The Balaban J connectivity index is 1.39. The molecule has 0 spiro atoms. The molecule has 0 bridgehead atoms. The number of amides is 1. The molecule has 0 saturated carbocycles. The minimum atomic E-state index is -0.112. The number of nitrogens with zero attached hydrogens (tertiary/aromatic N) is 4. The van der Waals surface area contributed by atoms with Crippen molar-refractivity contribution >= 4 is 32.7 Å². The first kappa shape index (κ1) is 26.3. The Labute approximate surface area is 232 Å². The van der Waals surface area contributed by atoms with E-state index in [1.54, 1.807) is 4.57 Å². The molecule has 38 heavy (non-hydrogen) atoms. The predicted molar refractivity (Wildman–Crippen MR) is 156 cm³/mol.